The summed E-state index contributed by atoms with van der Waals surface area (Å²) in [7, 11) is 0. The van der Waals surface area contributed by atoms with Gasteiger partial charge in [-0.2, -0.15) is 0 Å². The van der Waals surface area contributed by atoms with Gasteiger partial charge in [0.2, 0.25) is 5.91 Å². The molecule has 3 aliphatic rings. The molecule has 6 nitrogen and oxygen atoms in total. The highest BCUT2D eigenvalue weighted by Gasteiger charge is 2.57. The summed E-state index contributed by atoms with van der Waals surface area (Å²) in [5.74, 6) is 0.239. The van der Waals surface area contributed by atoms with Crippen LogP contribution in [0.2, 0.25) is 0 Å². The van der Waals surface area contributed by atoms with Crippen molar-refractivity contribution in [3.8, 4) is 0 Å². The molecule has 2 aliphatic carbocycles. The summed E-state index contributed by atoms with van der Waals surface area (Å²) in [5, 5.41) is 9.09. The lowest BCUT2D eigenvalue weighted by molar-refractivity contribution is -0.155. The van der Waals surface area contributed by atoms with Gasteiger partial charge in [-0.1, -0.05) is 0 Å². The second-order valence-corrected chi connectivity index (χ2v) is 8.02. The van der Waals surface area contributed by atoms with Gasteiger partial charge in [-0.05, 0) is 25.7 Å². The number of hydrogen-bond donors (Lipinski definition) is 1. The number of aliphatic carboxylic acids is 1. The number of thioether (sulfide) groups is 1. The van der Waals surface area contributed by atoms with Crippen molar-refractivity contribution in [3.63, 3.8) is 0 Å². The van der Waals surface area contributed by atoms with Crippen LogP contribution in [0.3, 0.4) is 0 Å². The molecule has 0 bridgehead atoms. The summed E-state index contributed by atoms with van der Waals surface area (Å²) in [4.78, 5) is 29.6. The van der Waals surface area contributed by atoms with E-state index in [0.29, 0.717) is 18.9 Å². The van der Waals surface area contributed by atoms with Crippen LogP contribution in [-0.4, -0.2) is 48.6 Å². The van der Waals surface area contributed by atoms with Crippen LogP contribution in [0.5, 0.6) is 0 Å². The van der Waals surface area contributed by atoms with Crippen LogP contribution >= 0.6 is 11.8 Å². The number of amides is 1. The van der Waals surface area contributed by atoms with Gasteiger partial charge in [0, 0.05) is 36.7 Å². The highest BCUT2D eigenvalue weighted by Crippen LogP contribution is 2.55. The zero-order valence-corrected chi connectivity index (χ0v) is 13.0. The van der Waals surface area contributed by atoms with Gasteiger partial charge in [0.15, 0.2) is 0 Å². The number of carboxylic acids is 1. The fourth-order valence-corrected chi connectivity index (χ4v) is 5.51. The first-order chi connectivity index (χ1) is 10.6. The van der Waals surface area contributed by atoms with Crippen molar-refractivity contribution < 1.29 is 14.7 Å². The van der Waals surface area contributed by atoms with E-state index in [4.69, 9.17) is 5.11 Å². The van der Waals surface area contributed by atoms with Gasteiger partial charge >= 0.3 is 5.97 Å². The monoisotopic (exact) mass is 321 g/mol. The molecule has 1 amide bonds. The third-order valence-corrected chi connectivity index (χ3v) is 6.81. The van der Waals surface area contributed by atoms with Crippen molar-refractivity contribution in [1.29, 1.82) is 0 Å². The molecule has 7 heteroatoms. The smallest absolute Gasteiger partial charge is 0.306 e. The van der Waals surface area contributed by atoms with E-state index in [-0.39, 0.29) is 22.6 Å². The number of nitrogens with zero attached hydrogens (tertiary/aromatic N) is 3. The molecule has 1 aromatic rings. The summed E-state index contributed by atoms with van der Waals surface area (Å²) in [6.45, 7) is 0.766. The van der Waals surface area contributed by atoms with Crippen LogP contribution in [0.4, 0.5) is 0 Å². The van der Waals surface area contributed by atoms with Crippen LogP contribution in [0, 0.1) is 11.8 Å². The largest absolute Gasteiger partial charge is 0.481 e. The zero-order chi connectivity index (χ0) is 15.3. The Kier molecular flexibility index (Phi) is 3.21. The van der Waals surface area contributed by atoms with Crippen LogP contribution in [0.15, 0.2) is 18.7 Å². The standard InChI is InChI=1S/C15H19N3O3S/c19-13(10-5-12(6-10)17-2-1-16-9-17)18-3-4-22-15(18)7-11(8-15)14(20)21/h1-2,9-12H,3-8H2,(H,20,21). The molecule has 22 heavy (non-hydrogen) atoms. The van der Waals surface area contributed by atoms with E-state index in [2.05, 4.69) is 9.55 Å². The molecular weight excluding hydrogens is 302 g/mol. The van der Waals surface area contributed by atoms with Gasteiger partial charge in [0.25, 0.3) is 0 Å². The summed E-state index contributed by atoms with van der Waals surface area (Å²) in [5.41, 5.74) is 0. The van der Waals surface area contributed by atoms with Crippen molar-refractivity contribution in [3.05, 3.63) is 18.7 Å². The van der Waals surface area contributed by atoms with E-state index in [9.17, 15) is 9.59 Å². The lowest BCUT2D eigenvalue weighted by Gasteiger charge is -2.50. The predicted octanol–water partition coefficient (Wildman–Crippen LogP) is 1.60. The number of aromatic nitrogens is 2. The third-order valence-electron chi connectivity index (χ3n) is 5.33. The number of carbonyl (C=O) groups is 2. The Morgan fingerprint density at radius 1 is 1.27 bits per heavy atom. The van der Waals surface area contributed by atoms with E-state index in [1.54, 1.807) is 18.0 Å². The number of carbonyl (C=O) groups excluding carboxylic acids is 1. The molecule has 118 valence electrons. The average molecular weight is 321 g/mol. The molecule has 2 saturated carbocycles. The average Bonchev–Trinajstić information content (AvgIpc) is 3.03. The Hall–Kier alpha value is -1.50. The van der Waals surface area contributed by atoms with Gasteiger partial charge in [0.1, 0.15) is 0 Å². The molecule has 0 atom stereocenters. The Bertz CT molecular complexity index is 591. The van der Waals surface area contributed by atoms with Gasteiger partial charge in [-0.25, -0.2) is 4.98 Å². The molecule has 1 aromatic heterocycles. The Labute approximate surface area is 132 Å². The summed E-state index contributed by atoms with van der Waals surface area (Å²) in [6.07, 6.45) is 8.47. The molecule has 3 fully saturated rings. The first-order valence-electron chi connectivity index (χ1n) is 7.75. The van der Waals surface area contributed by atoms with Crippen LogP contribution < -0.4 is 0 Å². The molecule has 1 saturated heterocycles. The first kappa shape index (κ1) is 14.1. The number of carboxylic acid groups (broad SMARTS) is 1. The molecule has 1 N–H and O–H groups in total. The van der Waals surface area contributed by atoms with E-state index >= 15 is 0 Å². The van der Waals surface area contributed by atoms with Gasteiger partial charge < -0.3 is 14.6 Å². The maximum Gasteiger partial charge on any atom is 0.306 e. The fourth-order valence-electron chi connectivity index (χ4n) is 3.88. The molecule has 0 unspecified atom stereocenters. The van der Waals surface area contributed by atoms with Crippen molar-refractivity contribution in [2.75, 3.05) is 12.3 Å². The Balaban J connectivity index is 1.38. The van der Waals surface area contributed by atoms with Gasteiger partial charge in [0.05, 0.1) is 17.1 Å². The van der Waals surface area contributed by atoms with Gasteiger partial charge in [-0.15, -0.1) is 11.8 Å². The van der Waals surface area contributed by atoms with Crippen molar-refractivity contribution in [1.82, 2.24) is 14.5 Å². The van der Waals surface area contributed by atoms with E-state index in [1.807, 2.05) is 17.4 Å². The van der Waals surface area contributed by atoms with Crippen molar-refractivity contribution in [2.45, 2.75) is 36.6 Å². The topological polar surface area (TPSA) is 75.4 Å². The molecular formula is C15H19N3O3S. The van der Waals surface area contributed by atoms with E-state index in [0.717, 1.165) is 25.1 Å². The zero-order valence-electron chi connectivity index (χ0n) is 12.2. The molecule has 1 spiro atoms. The van der Waals surface area contributed by atoms with Crippen molar-refractivity contribution in [2.24, 2.45) is 11.8 Å². The second-order valence-electron chi connectivity index (χ2n) is 6.56. The SMILES string of the molecule is O=C(O)C1CC2(C1)SCCN2C(=O)C1CC(n2ccnc2)C1. The number of imidazole rings is 1. The highest BCUT2D eigenvalue weighted by atomic mass is 32.2. The van der Waals surface area contributed by atoms with E-state index in [1.165, 1.54) is 0 Å². The van der Waals surface area contributed by atoms with Crippen molar-refractivity contribution >= 4 is 23.6 Å². The lowest BCUT2D eigenvalue weighted by atomic mass is 9.75. The van der Waals surface area contributed by atoms with Crippen LogP contribution in [0.1, 0.15) is 31.7 Å². The highest BCUT2D eigenvalue weighted by molar-refractivity contribution is 8.00. The lowest BCUT2D eigenvalue weighted by Crippen LogP contribution is -2.58. The van der Waals surface area contributed by atoms with E-state index < -0.39 is 5.97 Å². The summed E-state index contributed by atoms with van der Waals surface area (Å²) < 4.78 is 2.07. The third kappa shape index (κ3) is 2.06. The number of rotatable bonds is 3. The predicted molar refractivity (Wildman–Crippen MR) is 81.2 cm³/mol. The van der Waals surface area contributed by atoms with Crippen LogP contribution in [0.25, 0.3) is 0 Å². The molecule has 0 radical (unpaired) electrons. The normalized spacial score (nSPS) is 36.9. The van der Waals surface area contributed by atoms with Crippen LogP contribution in [-0.2, 0) is 9.59 Å². The second kappa shape index (κ2) is 5.01. The molecule has 2 heterocycles. The minimum atomic E-state index is -0.727. The van der Waals surface area contributed by atoms with Gasteiger partial charge in [-0.3, -0.25) is 9.59 Å². The minimum absolute atomic E-state index is 0.0897. The quantitative estimate of drug-likeness (QED) is 0.915. The first-order valence-corrected chi connectivity index (χ1v) is 8.73. The molecule has 0 aromatic carbocycles. The maximum atomic E-state index is 12.8. The summed E-state index contributed by atoms with van der Waals surface area (Å²) >= 11 is 1.77. The minimum Gasteiger partial charge on any atom is -0.481 e. The maximum absolute atomic E-state index is 12.8. The Morgan fingerprint density at radius 3 is 2.68 bits per heavy atom. The number of hydrogen-bond acceptors (Lipinski definition) is 4. The summed E-state index contributed by atoms with van der Waals surface area (Å²) in [6, 6.07) is 0.385. The fraction of sp³-hybridized carbons (Fsp3) is 0.667. The Morgan fingerprint density at radius 2 is 2.05 bits per heavy atom. The molecule has 1 aliphatic heterocycles. The molecule has 4 rings (SSSR count).